The van der Waals surface area contributed by atoms with Crippen molar-refractivity contribution in [3.63, 3.8) is 0 Å². The molecular weight excluding hydrogens is 228 g/mol. The summed E-state index contributed by atoms with van der Waals surface area (Å²) in [6.07, 6.45) is 1.55. The van der Waals surface area contributed by atoms with Gasteiger partial charge in [0.05, 0.1) is 17.5 Å². The van der Waals surface area contributed by atoms with E-state index in [4.69, 9.17) is 0 Å². The van der Waals surface area contributed by atoms with E-state index in [1.165, 1.54) is 6.07 Å². The van der Waals surface area contributed by atoms with Crippen LogP contribution in [0.25, 0.3) is 11.0 Å². The molecule has 0 atom stereocenters. The van der Waals surface area contributed by atoms with Crippen molar-refractivity contribution in [3.05, 3.63) is 24.3 Å². The highest BCUT2D eigenvalue weighted by molar-refractivity contribution is 5.88. The van der Waals surface area contributed by atoms with E-state index in [1.807, 2.05) is 0 Å². The number of nitrogens with one attached hydrogen (secondary N) is 2. The van der Waals surface area contributed by atoms with Gasteiger partial charge in [0.25, 0.3) is 0 Å². The zero-order valence-electron chi connectivity index (χ0n) is 7.37. The summed E-state index contributed by atoms with van der Waals surface area (Å²) >= 11 is 0. The summed E-state index contributed by atoms with van der Waals surface area (Å²) in [6, 6.07) is 3.07. The molecule has 0 saturated carbocycles. The largest absolute Gasteiger partial charge is 0.384 e. The third-order valence-corrected chi connectivity index (χ3v) is 1.79. The Morgan fingerprint density at radius 1 is 1.36 bits per heavy atom. The van der Waals surface area contributed by atoms with Crippen LogP contribution in [0.5, 0.6) is 0 Å². The van der Waals surface area contributed by atoms with Crippen LogP contribution in [0.1, 0.15) is 0 Å². The first kappa shape index (κ1) is 13.0. The van der Waals surface area contributed by atoms with Crippen molar-refractivity contribution in [3.8, 4) is 0 Å². The molecule has 14 heavy (non-hydrogen) atoms. The summed E-state index contributed by atoms with van der Waals surface area (Å²) in [5.74, 6) is -0.280. The van der Waals surface area contributed by atoms with Crippen LogP contribution in [0.15, 0.2) is 18.5 Å². The monoisotopic (exact) mass is 237 g/mol. The molecule has 0 radical (unpaired) electrons. The number of aromatic amines is 1. The number of hydrogen-bond acceptors (Lipinski definition) is 2. The molecule has 0 saturated heterocycles. The molecule has 0 aliphatic heterocycles. The molecule has 1 aromatic heterocycles. The van der Waals surface area contributed by atoms with Crippen LogP contribution >= 0.6 is 24.8 Å². The molecule has 0 aliphatic carbocycles. The summed E-state index contributed by atoms with van der Waals surface area (Å²) in [6.45, 7) is 0. The summed E-state index contributed by atoms with van der Waals surface area (Å²) in [5.41, 5.74) is 1.91. The highest BCUT2D eigenvalue weighted by Gasteiger charge is 2.06. The van der Waals surface area contributed by atoms with Gasteiger partial charge in [0.1, 0.15) is 11.3 Å². The number of benzene rings is 1. The van der Waals surface area contributed by atoms with Crippen molar-refractivity contribution in [2.24, 2.45) is 0 Å². The molecule has 6 heteroatoms. The quantitative estimate of drug-likeness (QED) is 0.801. The number of hydrogen-bond donors (Lipinski definition) is 2. The topological polar surface area (TPSA) is 40.7 Å². The normalized spacial score (nSPS) is 9.00. The Morgan fingerprint density at radius 2 is 2.07 bits per heavy atom. The standard InChI is InChI=1S/C8H8FN3.2ClH/c1-10-7-5(9)2-3-6-8(7)12-4-11-6;;/h2-4,10H,1H3,(H,11,12);2*1H. The van der Waals surface area contributed by atoms with Crippen molar-refractivity contribution in [1.29, 1.82) is 0 Å². The van der Waals surface area contributed by atoms with Crippen LogP contribution in [-0.2, 0) is 0 Å². The predicted octanol–water partition coefficient (Wildman–Crippen LogP) is 2.59. The summed E-state index contributed by atoms with van der Waals surface area (Å²) in [5, 5.41) is 2.77. The second-order valence-corrected chi connectivity index (χ2v) is 2.47. The van der Waals surface area contributed by atoms with Crippen LogP contribution in [-0.4, -0.2) is 17.0 Å². The molecule has 3 nitrogen and oxygen atoms in total. The number of anilines is 1. The summed E-state index contributed by atoms with van der Waals surface area (Å²) in [7, 11) is 1.67. The SMILES string of the molecule is CNc1c(F)ccc2[nH]cnc12.Cl.Cl. The van der Waals surface area contributed by atoms with Gasteiger partial charge in [-0.25, -0.2) is 9.37 Å². The predicted molar refractivity (Wildman–Crippen MR) is 60.1 cm³/mol. The Balaban J connectivity index is 0.000000845. The number of aromatic nitrogens is 2. The van der Waals surface area contributed by atoms with E-state index in [0.717, 1.165) is 5.52 Å². The van der Waals surface area contributed by atoms with E-state index in [0.29, 0.717) is 11.2 Å². The first-order valence-corrected chi connectivity index (χ1v) is 3.62. The Morgan fingerprint density at radius 3 is 2.71 bits per heavy atom. The zero-order chi connectivity index (χ0) is 8.55. The second-order valence-electron chi connectivity index (χ2n) is 2.47. The van der Waals surface area contributed by atoms with Gasteiger partial charge in [0.15, 0.2) is 0 Å². The third-order valence-electron chi connectivity index (χ3n) is 1.79. The zero-order valence-corrected chi connectivity index (χ0v) is 9.01. The van der Waals surface area contributed by atoms with Crippen molar-refractivity contribution in [2.45, 2.75) is 0 Å². The van der Waals surface area contributed by atoms with Gasteiger partial charge in [0.2, 0.25) is 0 Å². The molecule has 0 amide bonds. The Hall–Kier alpha value is -1.00. The number of fused-ring (bicyclic) bond motifs is 1. The van der Waals surface area contributed by atoms with E-state index in [2.05, 4.69) is 15.3 Å². The van der Waals surface area contributed by atoms with Gasteiger partial charge in [-0.05, 0) is 12.1 Å². The maximum Gasteiger partial charge on any atom is 0.148 e. The Kier molecular flexibility index (Phi) is 4.67. The minimum Gasteiger partial charge on any atom is -0.384 e. The van der Waals surface area contributed by atoms with Crippen molar-refractivity contribution >= 4 is 41.5 Å². The molecule has 0 bridgehead atoms. The third kappa shape index (κ3) is 1.91. The van der Waals surface area contributed by atoms with Crippen molar-refractivity contribution in [2.75, 3.05) is 12.4 Å². The molecule has 2 aromatic rings. The van der Waals surface area contributed by atoms with E-state index < -0.39 is 0 Å². The highest BCUT2D eigenvalue weighted by Crippen LogP contribution is 2.22. The molecular formula is C8H10Cl2FN3. The molecule has 0 spiro atoms. The van der Waals surface area contributed by atoms with Crippen LogP contribution in [0.2, 0.25) is 0 Å². The summed E-state index contributed by atoms with van der Waals surface area (Å²) in [4.78, 5) is 6.90. The number of halogens is 3. The molecule has 2 rings (SSSR count). The number of rotatable bonds is 1. The molecule has 0 unspecified atom stereocenters. The number of H-pyrrole nitrogens is 1. The minimum atomic E-state index is -0.280. The summed E-state index contributed by atoms with van der Waals surface area (Å²) < 4.78 is 13.1. The molecule has 1 aromatic carbocycles. The fraction of sp³-hybridized carbons (Fsp3) is 0.125. The van der Waals surface area contributed by atoms with Crippen LogP contribution in [0, 0.1) is 5.82 Å². The lowest BCUT2D eigenvalue weighted by Gasteiger charge is -2.01. The first-order chi connectivity index (χ1) is 5.83. The van der Waals surface area contributed by atoms with Crippen LogP contribution in [0.3, 0.4) is 0 Å². The highest BCUT2D eigenvalue weighted by atomic mass is 35.5. The van der Waals surface area contributed by atoms with Gasteiger partial charge in [0, 0.05) is 7.05 Å². The second kappa shape index (κ2) is 5.02. The molecule has 2 N–H and O–H groups in total. The van der Waals surface area contributed by atoms with Gasteiger partial charge in [-0.2, -0.15) is 0 Å². The average molecular weight is 238 g/mol. The van der Waals surface area contributed by atoms with E-state index in [9.17, 15) is 4.39 Å². The van der Waals surface area contributed by atoms with Gasteiger partial charge >= 0.3 is 0 Å². The van der Waals surface area contributed by atoms with Gasteiger partial charge in [-0.15, -0.1) is 24.8 Å². The Bertz CT molecular complexity index is 416. The van der Waals surface area contributed by atoms with Gasteiger partial charge in [-0.1, -0.05) is 0 Å². The van der Waals surface area contributed by atoms with Crippen LogP contribution in [0.4, 0.5) is 10.1 Å². The lowest BCUT2D eigenvalue weighted by Crippen LogP contribution is -1.93. The minimum absolute atomic E-state index is 0. The average Bonchev–Trinajstić information content (AvgIpc) is 2.52. The number of imidazole rings is 1. The lowest BCUT2D eigenvalue weighted by molar-refractivity contribution is 0.633. The molecule has 1 heterocycles. The van der Waals surface area contributed by atoms with E-state index in [-0.39, 0.29) is 30.6 Å². The van der Waals surface area contributed by atoms with E-state index in [1.54, 1.807) is 19.4 Å². The first-order valence-electron chi connectivity index (χ1n) is 3.62. The van der Waals surface area contributed by atoms with Gasteiger partial charge in [-0.3, -0.25) is 0 Å². The molecule has 78 valence electrons. The number of nitrogens with zero attached hydrogens (tertiary/aromatic N) is 1. The van der Waals surface area contributed by atoms with Gasteiger partial charge < -0.3 is 10.3 Å². The van der Waals surface area contributed by atoms with E-state index >= 15 is 0 Å². The van der Waals surface area contributed by atoms with Crippen LogP contribution < -0.4 is 5.32 Å². The molecule has 0 fully saturated rings. The lowest BCUT2D eigenvalue weighted by atomic mass is 10.2. The molecule has 0 aliphatic rings. The smallest absolute Gasteiger partial charge is 0.148 e. The maximum atomic E-state index is 13.1. The van der Waals surface area contributed by atoms with Crippen molar-refractivity contribution < 1.29 is 4.39 Å². The fourth-order valence-electron chi connectivity index (χ4n) is 1.22. The van der Waals surface area contributed by atoms with Crippen molar-refractivity contribution in [1.82, 2.24) is 9.97 Å². The fourth-order valence-corrected chi connectivity index (χ4v) is 1.22. The maximum absolute atomic E-state index is 13.1. The Labute approximate surface area is 92.9 Å².